The summed E-state index contributed by atoms with van der Waals surface area (Å²) in [6.45, 7) is 8.60. The van der Waals surface area contributed by atoms with Crippen LogP contribution >= 0.6 is 0 Å². The first-order valence-electron chi connectivity index (χ1n) is 12.6. The molecule has 192 valence electrons. The monoisotopic (exact) mass is 501 g/mol. The van der Waals surface area contributed by atoms with Crippen LogP contribution in [0.15, 0.2) is 43.0 Å². The minimum atomic E-state index is -0.188. The van der Waals surface area contributed by atoms with Gasteiger partial charge in [0.15, 0.2) is 18.2 Å². The van der Waals surface area contributed by atoms with Crippen LogP contribution in [0.2, 0.25) is 0 Å². The van der Waals surface area contributed by atoms with E-state index in [1.807, 2.05) is 34.1 Å². The fourth-order valence-corrected chi connectivity index (χ4v) is 5.06. The molecule has 10 nitrogen and oxygen atoms in total. The summed E-state index contributed by atoms with van der Waals surface area (Å²) in [5, 5.41) is 15.7. The highest BCUT2D eigenvalue weighted by Gasteiger charge is 2.30. The van der Waals surface area contributed by atoms with Crippen LogP contribution < -0.4 is 25.2 Å². The van der Waals surface area contributed by atoms with Gasteiger partial charge in [-0.25, -0.2) is 4.98 Å². The predicted molar refractivity (Wildman–Crippen MR) is 141 cm³/mol. The van der Waals surface area contributed by atoms with Gasteiger partial charge in [-0.15, -0.1) is 6.58 Å². The van der Waals surface area contributed by atoms with E-state index in [4.69, 9.17) is 4.74 Å². The normalized spacial score (nSPS) is 17.9. The van der Waals surface area contributed by atoms with Gasteiger partial charge in [-0.05, 0) is 56.3 Å². The summed E-state index contributed by atoms with van der Waals surface area (Å²) in [4.78, 5) is 35.2. The lowest BCUT2D eigenvalue weighted by molar-refractivity contribution is -0.119. The number of carbonyl (C=O) groups is 2. The van der Waals surface area contributed by atoms with Gasteiger partial charge in [0.05, 0.1) is 35.2 Å². The highest BCUT2D eigenvalue weighted by molar-refractivity contribution is 6.03. The van der Waals surface area contributed by atoms with Gasteiger partial charge >= 0.3 is 0 Å². The average molecular weight is 502 g/mol. The number of likely N-dealkylation sites (tertiary alicyclic amines) is 1. The molecule has 2 N–H and O–H groups in total. The summed E-state index contributed by atoms with van der Waals surface area (Å²) in [6, 6.07) is 11.9. The lowest BCUT2D eigenvalue weighted by Crippen LogP contribution is -2.50. The van der Waals surface area contributed by atoms with Crippen LogP contribution in [-0.4, -0.2) is 73.6 Å². The van der Waals surface area contributed by atoms with Crippen LogP contribution in [0.25, 0.3) is 0 Å². The van der Waals surface area contributed by atoms with E-state index in [1.54, 1.807) is 12.1 Å². The minimum Gasteiger partial charge on any atom is -0.480 e. The van der Waals surface area contributed by atoms with Crippen LogP contribution in [0.3, 0.4) is 0 Å². The number of ether oxygens (including phenoxy) is 1. The van der Waals surface area contributed by atoms with Crippen molar-refractivity contribution >= 4 is 29.0 Å². The summed E-state index contributed by atoms with van der Waals surface area (Å²) in [5.41, 5.74) is 3.17. The molecule has 3 aliphatic heterocycles. The second-order valence-corrected chi connectivity index (χ2v) is 9.51. The first kappa shape index (κ1) is 24.7. The summed E-state index contributed by atoms with van der Waals surface area (Å²) < 4.78 is 5.37. The number of hydrogen-bond donors (Lipinski definition) is 2. The van der Waals surface area contributed by atoms with Crippen molar-refractivity contribution in [2.45, 2.75) is 25.4 Å². The van der Waals surface area contributed by atoms with Crippen molar-refractivity contribution in [3.05, 3.63) is 54.2 Å². The zero-order valence-electron chi connectivity index (χ0n) is 20.8. The van der Waals surface area contributed by atoms with Crippen LogP contribution in [0, 0.1) is 11.3 Å². The number of rotatable bonds is 8. The molecule has 1 aromatic carbocycles. The number of hydrogen-bond acceptors (Lipinski definition) is 8. The number of anilines is 3. The van der Waals surface area contributed by atoms with E-state index in [0.717, 1.165) is 49.5 Å². The molecule has 37 heavy (non-hydrogen) atoms. The summed E-state index contributed by atoms with van der Waals surface area (Å²) in [7, 11) is 0. The lowest BCUT2D eigenvalue weighted by atomic mass is 10.0. The Hall–Kier alpha value is -3.94. The number of pyridine rings is 1. The van der Waals surface area contributed by atoms with Crippen molar-refractivity contribution in [2.24, 2.45) is 0 Å². The smallest absolute Gasteiger partial charge is 0.263 e. The molecular weight excluding hydrogens is 470 g/mol. The van der Waals surface area contributed by atoms with Gasteiger partial charge < -0.3 is 30.1 Å². The molecule has 0 bridgehead atoms. The molecule has 4 heterocycles. The molecule has 1 saturated heterocycles. The Morgan fingerprint density at radius 1 is 1.19 bits per heavy atom. The topological polar surface area (TPSA) is 114 Å². The first-order valence-corrected chi connectivity index (χ1v) is 12.6. The van der Waals surface area contributed by atoms with Crippen molar-refractivity contribution in [2.75, 3.05) is 61.0 Å². The molecule has 1 fully saturated rings. The molecule has 2 aromatic rings. The molecule has 1 aromatic heterocycles. The van der Waals surface area contributed by atoms with Crippen LogP contribution in [0.1, 0.15) is 24.1 Å². The highest BCUT2D eigenvalue weighted by Crippen LogP contribution is 2.34. The summed E-state index contributed by atoms with van der Waals surface area (Å²) in [6.07, 6.45) is 3.79. The number of benzene rings is 1. The molecule has 0 spiro atoms. The Labute approximate surface area is 216 Å². The third-order valence-electron chi connectivity index (χ3n) is 7.04. The molecule has 0 atom stereocenters. The predicted octanol–water partition coefficient (Wildman–Crippen LogP) is 1.88. The number of nitrogens with one attached hydrogen (secondary N) is 2. The van der Waals surface area contributed by atoms with Gasteiger partial charge in [-0.3, -0.25) is 9.59 Å². The molecule has 0 aliphatic carbocycles. The Bertz CT molecular complexity index is 1230. The number of fused-ring (bicyclic) bond motifs is 2. The molecular formula is C27H31N7O3. The second kappa shape index (κ2) is 11.0. The molecule has 0 unspecified atom stereocenters. The molecule has 2 amide bonds. The lowest BCUT2D eigenvalue weighted by Gasteiger charge is -2.39. The molecule has 0 saturated carbocycles. The Morgan fingerprint density at radius 2 is 2.03 bits per heavy atom. The van der Waals surface area contributed by atoms with E-state index in [1.165, 1.54) is 0 Å². The zero-order chi connectivity index (χ0) is 25.8. The van der Waals surface area contributed by atoms with Crippen molar-refractivity contribution in [1.82, 2.24) is 15.2 Å². The Balaban J connectivity index is 1.13. The largest absolute Gasteiger partial charge is 0.480 e. The van der Waals surface area contributed by atoms with Gasteiger partial charge in [0, 0.05) is 32.2 Å². The van der Waals surface area contributed by atoms with Crippen molar-refractivity contribution in [3.8, 4) is 11.8 Å². The maximum atomic E-state index is 13.0. The van der Waals surface area contributed by atoms with Crippen molar-refractivity contribution in [3.63, 3.8) is 0 Å². The number of amides is 2. The van der Waals surface area contributed by atoms with E-state index in [2.05, 4.69) is 33.2 Å². The van der Waals surface area contributed by atoms with Crippen molar-refractivity contribution < 1.29 is 14.3 Å². The zero-order valence-corrected chi connectivity index (χ0v) is 20.8. The molecule has 5 rings (SSSR count). The third kappa shape index (κ3) is 5.58. The SMILES string of the molecule is C=CCN1CC(=O)N(CCN2CCC(NCc3ccc4c(n3)NC(=O)CO4)CC2)c2cc(C#N)ccc21. The molecule has 10 heteroatoms. The maximum absolute atomic E-state index is 13.0. The van der Waals surface area contributed by atoms with Crippen molar-refractivity contribution in [1.29, 1.82) is 5.26 Å². The van der Waals surface area contributed by atoms with E-state index in [9.17, 15) is 14.9 Å². The number of piperidine rings is 1. The molecule has 0 radical (unpaired) electrons. The maximum Gasteiger partial charge on any atom is 0.263 e. The quantitative estimate of drug-likeness (QED) is 0.527. The van der Waals surface area contributed by atoms with Gasteiger partial charge in [-0.1, -0.05) is 6.08 Å². The Kier molecular flexibility index (Phi) is 7.35. The van der Waals surface area contributed by atoms with E-state index in [0.29, 0.717) is 49.4 Å². The van der Waals surface area contributed by atoms with Gasteiger partial charge in [0.1, 0.15) is 0 Å². The van der Waals surface area contributed by atoms with Gasteiger partial charge in [0.2, 0.25) is 5.91 Å². The van der Waals surface area contributed by atoms with Crippen LogP contribution in [0.5, 0.6) is 5.75 Å². The fraction of sp³-hybridized carbons (Fsp3) is 0.407. The summed E-state index contributed by atoms with van der Waals surface area (Å²) >= 11 is 0. The van der Waals surface area contributed by atoms with Crippen LogP contribution in [0.4, 0.5) is 17.2 Å². The minimum absolute atomic E-state index is 0.0257. The van der Waals surface area contributed by atoms with E-state index >= 15 is 0 Å². The summed E-state index contributed by atoms with van der Waals surface area (Å²) in [5.74, 6) is 0.935. The van der Waals surface area contributed by atoms with E-state index < -0.39 is 0 Å². The number of aromatic nitrogens is 1. The first-order chi connectivity index (χ1) is 18.0. The highest BCUT2D eigenvalue weighted by atomic mass is 16.5. The Morgan fingerprint density at radius 3 is 2.81 bits per heavy atom. The van der Waals surface area contributed by atoms with Gasteiger partial charge in [-0.2, -0.15) is 5.26 Å². The van der Waals surface area contributed by atoms with Crippen LogP contribution in [-0.2, 0) is 16.1 Å². The number of carbonyl (C=O) groups excluding carboxylic acids is 2. The fourth-order valence-electron chi connectivity index (χ4n) is 5.06. The van der Waals surface area contributed by atoms with E-state index in [-0.39, 0.29) is 18.4 Å². The third-order valence-corrected chi connectivity index (χ3v) is 7.04. The number of nitriles is 1. The van der Waals surface area contributed by atoms with Gasteiger partial charge in [0.25, 0.3) is 5.91 Å². The number of nitrogens with zero attached hydrogens (tertiary/aromatic N) is 5. The molecule has 3 aliphatic rings. The average Bonchev–Trinajstić information content (AvgIpc) is 2.91. The second-order valence-electron chi connectivity index (χ2n) is 9.51. The standard InChI is InChI=1S/C27H31N7O3/c1-2-9-33-17-26(36)34(23-14-19(15-28)3-5-22(23)33)13-12-32-10-7-20(8-11-32)29-16-21-4-6-24-27(30-21)31-25(35)18-37-24/h2-6,14,20,29H,1,7-13,16-18H2,(H,30,31,35).